The van der Waals surface area contributed by atoms with Crippen molar-refractivity contribution in [1.29, 1.82) is 0 Å². The molecule has 30 heavy (non-hydrogen) atoms. The summed E-state index contributed by atoms with van der Waals surface area (Å²) in [6.07, 6.45) is 3.19. The average Bonchev–Trinajstić information content (AvgIpc) is 2.68. The van der Waals surface area contributed by atoms with E-state index in [2.05, 4.69) is 59.4 Å². The lowest BCUT2D eigenvalue weighted by Gasteiger charge is -2.44. The zero-order valence-corrected chi connectivity index (χ0v) is 19.4. The van der Waals surface area contributed by atoms with Crippen LogP contribution in [0.3, 0.4) is 0 Å². The van der Waals surface area contributed by atoms with Crippen molar-refractivity contribution >= 4 is 11.6 Å². The molecule has 3 rings (SSSR count). The van der Waals surface area contributed by atoms with Crippen molar-refractivity contribution in [3.8, 4) is 11.8 Å². The summed E-state index contributed by atoms with van der Waals surface area (Å²) in [6.45, 7) is 14.2. The first kappa shape index (κ1) is 22.2. The van der Waals surface area contributed by atoms with Crippen molar-refractivity contribution in [1.82, 2.24) is 0 Å². The van der Waals surface area contributed by atoms with Gasteiger partial charge in [-0.1, -0.05) is 90.1 Å². The zero-order chi connectivity index (χ0) is 21.9. The van der Waals surface area contributed by atoms with Crippen LogP contribution >= 0.6 is 0 Å². The maximum absolute atomic E-state index is 13.8. The van der Waals surface area contributed by atoms with Crippen LogP contribution in [-0.4, -0.2) is 5.91 Å². The number of hydrogen-bond donors (Lipinski definition) is 0. The maximum atomic E-state index is 13.8. The Balaban J connectivity index is 1.94. The van der Waals surface area contributed by atoms with E-state index in [9.17, 15) is 4.79 Å². The number of benzene rings is 2. The minimum atomic E-state index is -0.0660. The zero-order valence-electron chi connectivity index (χ0n) is 19.4. The summed E-state index contributed by atoms with van der Waals surface area (Å²) < 4.78 is 0. The lowest BCUT2D eigenvalue weighted by molar-refractivity contribution is -0.123. The Morgan fingerprint density at radius 2 is 1.57 bits per heavy atom. The minimum Gasteiger partial charge on any atom is -0.306 e. The maximum Gasteiger partial charge on any atom is 0.230 e. The first-order valence-electron chi connectivity index (χ1n) is 11.2. The van der Waals surface area contributed by atoms with Crippen LogP contribution in [0, 0.1) is 28.6 Å². The number of hydrogen-bond acceptors (Lipinski definition) is 1. The predicted molar refractivity (Wildman–Crippen MR) is 126 cm³/mol. The van der Waals surface area contributed by atoms with Gasteiger partial charge in [-0.05, 0) is 47.4 Å². The molecule has 1 heterocycles. The second-order valence-electron chi connectivity index (χ2n) is 9.97. The largest absolute Gasteiger partial charge is 0.306 e. The molecule has 2 nitrogen and oxygen atoms in total. The molecule has 0 aromatic heterocycles. The highest BCUT2D eigenvalue weighted by atomic mass is 16.2. The summed E-state index contributed by atoms with van der Waals surface area (Å²) in [7, 11) is 0. The molecule has 0 bridgehead atoms. The highest BCUT2D eigenvalue weighted by Crippen LogP contribution is 2.46. The van der Waals surface area contributed by atoms with Crippen LogP contribution in [0.25, 0.3) is 0 Å². The number of carbonyl (C=O) groups excluding carboxylic acids is 1. The van der Waals surface area contributed by atoms with Crippen LogP contribution in [0.15, 0.2) is 48.5 Å². The summed E-state index contributed by atoms with van der Waals surface area (Å²) in [4.78, 5) is 15.7. The van der Waals surface area contributed by atoms with Crippen LogP contribution in [0.2, 0.25) is 0 Å². The number of fused-ring (bicyclic) bond motifs is 2. The third-order valence-corrected chi connectivity index (χ3v) is 7.08. The summed E-state index contributed by atoms with van der Waals surface area (Å²) in [5, 5.41) is 0. The molecule has 2 aromatic carbocycles. The van der Waals surface area contributed by atoms with Gasteiger partial charge in [0.05, 0.1) is 12.2 Å². The Kier molecular flexibility index (Phi) is 6.41. The van der Waals surface area contributed by atoms with Gasteiger partial charge in [-0.3, -0.25) is 4.79 Å². The smallest absolute Gasteiger partial charge is 0.230 e. The normalized spacial score (nSPS) is 14.5. The Morgan fingerprint density at radius 1 is 0.967 bits per heavy atom. The summed E-state index contributed by atoms with van der Waals surface area (Å²) in [5.74, 6) is 6.70. The molecule has 1 aliphatic heterocycles. The number of rotatable bonds is 6. The molecule has 1 atom stereocenters. The van der Waals surface area contributed by atoms with E-state index < -0.39 is 0 Å². The van der Waals surface area contributed by atoms with E-state index in [1.807, 2.05) is 47.4 Å². The third-order valence-electron chi connectivity index (χ3n) is 7.08. The van der Waals surface area contributed by atoms with E-state index in [0.29, 0.717) is 6.54 Å². The van der Waals surface area contributed by atoms with Crippen molar-refractivity contribution in [3.05, 3.63) is 65.2 Å². The van der Waals surface area contributed by atoms with Gasteiger partial charge in [-0.2, -0.15) is 0 Å². The molecule has 0 fully saturated rings. The predicted octanol–water partition coefficient (Wildman–Crippen LogP) is 6.81. The van der Waals surface area contributed by atoms with E-state index in [-0.39, 0.29) is 22.7 Å². The topological polar surface area (TPSA) is 20.3 Å². The molecule has 158 valence electrons. The molecule has 0 N–H and O–H groups in total. The fourth-order valence-electron chi connectivity index (χ4n) is 4.54. The summed E-state index contributed by atoms with van der Waals surface area (Å²) in [5.41, 5.74) is 4.19. The summed E-state index contributed by atoms with van der Waals surface area (Å²) in [6, 6.07) is 16.2. The van der Waals surface area contributed by atoms with Gasteiger partial charge in [-0.15, -0.1) is 0 Å². The van der Waals surface area contributed by atoms with Crippen LogP contribution in [-0.2, 0) is 11.3 Å². The highest BCUT2D eigenvalue weighted by Gasteiger charge is 2.39. The summed E-state index contributed by atoms with van der Waals surface area (Å²) >= 11 is 0. The van der Waals surface area contributed by atoms with Gasteiger partial charge >= 0.3 is 0 Å². The van der Waals surface area contributed by atoms with E-state index >= 15 is 0 Å². The minimum absolute atomic E-state index is 0.0660. The van der Waals surface area contributed by atoms with Crippen molar-refractivity contribution in [2.24, 2.45) is 16.7 Å². The molecule has 0 aliphatic carbocycles. The van der Waals surface area contributed by atoms with Gasteiger partial charge < -0.3 is 4.90 Å². The number of carbonyl (C=O) groups is 1. The van der Waals surface area contributed by atoms with Crippen molar-refractivity contribution in [2.75, 3.05) is 4.90 Å². The molecule has 0 radical (unpaired) electrons. The van der Waals surface area contributed by atoms with E-state index in [1.165, 1.54) is 0 Å². The van der Waals surface area contributed by atoms with Crippen molar-refractivity contribution in [2.45, 2.75) is 67.3 Å². The molecule has 1 unspecified atom stereocenters. The van der Waals surface area contributed by atoms with Crippen LogP contribution in [0.5, 0.6) is 0 Å². The van der Waals surface area contributed by atoms with Crippen molar-refractivity contribution < 1.29 is 4.79 Å². The lowest BCUT2D eigenvalue weighted by atomic mass is 9.62. The van der Waals surface area contributed by atoms with Gasteiger partial charge in [0.2, 0.25) is 5.91 Å². The van der Waals surface area contributed by atoms with Gasteiger partial charge in [0.1, 0.15) is 0 Å². The lowest BCUT2D eigenvalue weighted by Crippen LogP contribution is -2.40. The second kappa shape index (κ2) is 8.68. The van der Waals surface area contributed by atoms with Crippen LogP contribution in [0.1, 0.15) is 77.5 Å². The van der Waals surface area contributed by atoms with Gasteiger partial charge in [0, 0.05) is 17.0 Å². The molecule has 0 saturated carbocycles. The van der Waals surface area contributed by atoms with Crippen molar-refractivity contribution in [3.63, 3.8) is 0 Å². The standard InChI is InChI=1S/C28H35NO/c1-7-18-27(3,4)28(5,6)19-21(2)26(30)29-20-24-14-9-8-12-22(24)16-17-23-13-10-11-15-25(23)29/h8-15,21H,7,18-20H2,1-6H3. The van der Waals surface area contributed by atoms with Crippen LogP contribution < -0.4 is 4.90 Å². The first-order valence-corrected chi connectivity index (χ1v) is 11.2. The third kappa shape index (κ3) is 4.46. The molecule has 1 amide bonds. The Labute approximate surface area is 182 Å². The molecule has 1 aliphatic rings. The molecule has 0 spiro atoms. The monoisotopic (exact) mass is 401 g/mol. The van der Waals surface area contributed by atoms with Gasteiger partial charge in [0.15, 0.2) is 0 Å². The molecular formula is C28H35NO. The Morgan fingerprint density at radius 3 is 2.27 bits per heavy atom. The molecular weight excluding hydrogens is 366 g/mol. The number of nitrogens with zero attached hydrogens (tertiary/aromatic N) is 1. The number of amides is 1. The molecule has 2 aromatic rings. The molecule has 0 saturated heterocycles. The van der Waals surface area contributed by atoms with E-state index in [1.54, 1.807) is 0 Å². The fraction of sp³-hybridized carbons (Fsp3) is 0.464. The van der Waals surface area contributed by atoms with Gasteiger partial charge in [0.25, 0.3) is 0 Å². The van der Waals surface area contributed by atoms with Crippen LogP contribution in [0.4, 0.5) is 5.69 Å². The Hall–Kier alpha value is -2.53. The highest BCUT2D eigenvalue weighted by molar-refractivity contribution is 5.96. The Bertz CT molecular complexity index is 973. The van der Waals surface area contributed by atoms with E-state index in [4.69, 9.17) is 0 Å². The van der Waals surface area contributed by atoms with E-state index in [0.717, 1.165) is 41.6 Å². The SMILES string of the molecule is CCCC(C)(C)C(C)(C)CC(C)C(=O)N1Cc2ccccc2C#Cc2ccccc21. The molecule has 2 heteroatoms. The fourth-order valence-corrected chi connectivity index (χ4v) is 4.54. The quantitative estimate of drug-likeness (QED) is 0.487. The van der Waals surface area contributed by atoms with Gasteiger partial charge in [-0.25, -0.2) is 0 Å². The second-order valence-corrected chi connectivity index (χ2v) is 9.97. The number of anilines is 1. The average molecular weight is 402 g/mol. The number of para-hydroxylation sites is 1. The first-order chi connectivity index (χ1) is 14.2.